The minimum atomic E-state index is 0.511. The van der Waals surface area contributed by atoms with Gasteiger partial charge < -0.3 is 15.0 Å². The molecule has 1 unspecified atom stereocenters. The maximum absolute atomic E-state index is 5.89. The fourth-order valence-electron chi connectivity index (χ4n) is 4.08. The van der Waals surface area contributed by atoms with E-state index < -0.39 is 0 Å². The fraction of sp³-hybridized carbons (Fsp3) is 0.360. The normalized spacial score (nSPS) is 16.6. The highest BCUT2D eigenvalue weighted by atomic mass is 16.5. The van der Waals surface area contributed by atoms with Crippen LogP contribution in [0, 0.1) is 0 Å². The Balaban J connectivity index is 1.27. The molecule has 1 N–H and O–H groups in total. The lowest BCUT2D eigenvalue weighted by Gasteiger charge is -2.21. The molecule has 6 nitrogen and oxygen atoms in total. The van der Waals surface area contributed by atoms with Gasteiger partial charge >= 0.3 is 0 Å². The lowest BCUT2D eigenvalue weighted by molar-refractivity contribution is 0.107. The molecular formula is C25H31N5O. The molecule has 0 bridgehead atoms. The molecule has 0 saturated carbocycles. The van der Waals surface area contributed by atoms with Crippen molar-refractivity contribution in [2.24, 2.45) is 12.0 Å². The van der Waals surface area contributed by atoms with Crippen LogP contribution in [0.25, 0.3) is 0 Å². The standard InChI is InChI=1S/C25H31N5O/c1-26-25(30-12-11-23(17-30)24-15-28-29(2)16-24)27-14-21-9-6-10-22(13-21)19-31-18-20-7-4-3-5-8-20/h3-10,13,15-16,23H,11-12,14,17-19H2,1-2H3,(H,26,27). The van der Waals surface area contributed by atoms with Crippen molar-refractivity contribution in [2.45, 2.75) is 32.1 Å². The summed E-state index contributed by atoms with van der Waals surface area (Å²) >= 11 is 0. The van der Waals surface area contributed by atoms with Crippen LogP contribution in [0.1, 0.15) is 34.6 Å². The minimum absolute atomic E-state index is 0.511. The van der Waals surface area contributed by atoms with Crippen LogP contribution < -0.4 is 5.32 Å². The Morgan fingerprint density at radius 2 is 1.87 bits per heavy atom. The first kappa shape index (κ1) is 21.1. The van der Waals surface area contributed by atoms with E-state index in [1.807, 2.05) is 43.2 Å². The molecule has 2 aromatic carbocycles. The molecule has 1 aliphatic rings. The average Bonchev–Trinajstić information content (AvgIpc) is 3.45. The molecule has 4 rings (SSSR count). The molecule has 3 aromatic rings. The van der Waals surface area contributed by atoms with Crippen molar-refractivity contribution in [3.05, 3.63) is 89.2 Å². The first-order valence-electron chi connectivity index (χ1n) is 10.8. The third-order valence-electron chi connectivity index (χ3n) is 5.72. The van der Waals surface area contributed by atoms with Crippen molar-refractivity contribution in [2.75, 3.05) is 20.1 Å². The van der Waals surface area contributed by atoms with E-state index in [1.54, 1.807) is 0 Å². The van der Waals surface area contributed by atoms with Gasteiger partial charge in [0.2, 0.25) is 0 Å². The van der Waals surface area contributed by atoms with Gasteiger partial charge in [-0.15, -0.1) is 0 Å². The molecule has 0 aliphatic carbocycles. The highest BCUT2D eigenvalue weighted by Crippen LogP contribution is 2.26. The van der Waals surface area contributed by atoms with Crippen LogP contribution in [0.3, 0.4) is 0 Å². The van der Waals surface area contributed by atoms with E-state index in [1.165, 1.54) is 22.3 Å². The summed E-state index contributed by atoms with van der Waals surface area (Å²) in [5.41, 5.74) is 4.91. The maximum Gasteiger partial charge on any atom is 0.193 e. The van der Waals surface area contributed by atoms with E-state index in [0.717, 1.165) is 32.0 Å². The summed E-state index contributed by atoms with van der Waals surface area (Å²) in [6, 6.07) is 18.8. The van der Waals surface area contributed by atoms with Crippen LogP contribution in [0.4, 0.5) is 0 Å². The predicted molar refractivity (Wildman–Crippen MR) is 124 cm³/mol. The zero-order valence-corrected chi connectivity index (χ0v) is 18.4. The van der Waals surface area contributed by atoms with Crippen molar-refractivity contribution in [3.8, 4) is 0 Å². The van der Waals surface area contributed by atoms with Crippen LogP contribution in [0.2, 0.25) is 0 Å². The summed E-state index contributed by atoms with van der Waals surface area (Å²) in [6.45, 7) is 3.96. The molecule has 1 atom stereocenters. The second kappa shape index (κ2) is 10.3. The van der Waals surface area contributed by atoms with Gasteiger partial charge in [-0.3, -0.25) is 9.67 Å². The average molecular weight is 418 g/mol. The van der Waals surface area contributed by atoms with Crippen LogP contribution in [-0.4, -0.2) is 40.8 Å². The highest BCUT2D eigenvalue weighted by Gasteiger charge is 2.26. The molecule has 2 heterocycles. The van der Waals surface area contributed by atoms with E-state index in [0.29, 0.717) is 19.1 Å². The zero-order chi connectivity index (χ0) is 21.5. The van der Waals surface area contributed by atoms with Crippen molar-refractivity contribution in [1.29, 1.82) is 0 Å². The Kier molecular flexibility index (Phi) is 6.99. The van der Waals surface area contributed by atoms with E-state index in [-0.39, 0.29) is 0 Å². The molecule has 1 saturated heterocycles. The molecule has 162 valence electrons. The number of aromatic nitrogens is 2. The van der Waals surface area contributed by atoms with Crippen LogP contribution in [0.5, 0.6) is 0 Å². The Morgan fingerprint density at radius 3 is 2.65 bits per heavy atom. The molecule has 1 aliphatic heterocycles. The molecule has 6 heteroatoms. The van der Waals surface area contributed by atoms with Crippen LogP contribution in [-0.2, 0) is 31.5 Å². The third kappa shape index (κ3) is 5.73. The second-order valence-corrected chi connectivity index (χ2v) is 8.08. The summed E-state index contributed by atoms with van der Waals surface area (Å²) in [6.07, 6.45) is 5.23. The minimum Gasteiger partial charge on any atom is -0.372 e. The largest absolute Gasteiger partial charge is 0.372 e. The molecular weight excluding hydrogens is 386 g/mol. The number of likely N-dealkylation sites (tertiary alicyclic amines) is 1. The number of nitrogens with zero attached hydrogens (tertiary/aromatic N) is 4. The van der Waals surface area contributed by atoms with Crippen molar-refractivity contribution >= 4 is 5.96 Å². The quantitative estimate of drug-likeness (QED) is 0.470. The van der Waals surface area contributed by atoms with E-state index in [2.05, 4.69) is 62.9 Å². The van der Waals surface area contributed by atoms with E-state index in [9.17, 15) is 0 Å². The predicted octanol–water partition coefficient (Wildman–Crippen LogP) is 3.70. The lowest BCUT2D eigenvalue weighted by atomic mass is 10.0. The third-order valence-corrected chi connectivity index (χ3v) is 5.72. The first-order valence-corrected chi connectivity index (χ1v) is 10.8. The van der Waals surface area contributed by atoms with Crippen LogP contribution >= 0.6 is 0 Å². The van der Waals surface area contributed by atoms with Gasteiger partial charge in [-0.2, -0.15) is 5.10 Å². The van der Waals surface area contributed by atoms with Gasteiger partial charge in [0.1, 0.15) is 0 Å². The number of hydrogen-bond donors (Lipinski definition) is 1. The summed E-state index contributed by atoms with van der Waals surface area (Å²) in [4.78, 5) is 6.85. The Hall–Kier alpha value is -3.12. The lowest BCUT2D eigenvalue weighted by Crippen LogP contribution is -2.39. The highest BCUT2D eigenvalue weighted by molar-refractivity contribution is 5.80. The van der Waals surface area contributed by atoms with Crippen molar-refractivity contribution in [1.82, 2.24) is 20.0 Å². The second-order valence-electron chi connectivity index (χ2n) is 8.08. The molecule has 31 heavy (non-hydrogen) atoms. The smallest absolute Gasteiger partial charge is 0.193 e. The molecule has 0 spiro atoms. The molecule has 0 amide bonds. The van der Waals surface area contributed by atoms with E-state index >= 15 is 0 Å². The molecule has 1 aromatic heterocycles. The number of hydrogen-bond acceptors (Lipinski definition) is 3. The van der Waals surface area contributed by atoms with Gasteiger partial charge in [-0.1, -0.05) is 54.6 Å². The first-order chi connectivity index (χ1) is 15.2. The van der Waals surface area contributed by atoms with Gasteiger partial charge in [0, 0.05) is 45.8 Å². The van der Waals surface area contributed by atoms with Crippen molar-refractivity contribution in [3.63, 3.8) is 0 Å². The fourth-order valence-corrected chi connectivity index (χ4v) is 4.08. The number of nitrogens with one attached hydrogen (secondary N) is 1. The molecule has 0 radical (unpaired) electrons. The van der Waals surface area contributed by atoms with Gasteiger partial charge in [0.25, 0.3) is 0 Å². The summed E-state index contributed by atoms with van der Waals surface area (Å²) < 4.78 is 7.76. The maximum atomic E-state index is 5.89. The Bertz CT molecular complexity index is 998. The van der Waals surface area contributed by atoms with Crippen molar-refractivity contribution < 1.29 is 4.74 Å². The van der Waals surface area contributed by atoms with Gasteiger partial charge in [-0.25, -0.2) is 0 Å². The van der Waals surface area contributed by atoms with Crippen LogP contribution in [0.15, 0.2) is 72.0 Å². The topological polar surface area (TPSA) is 54.7 Å². The van der Waals surface area contributed by atoms with Gasteiger partial charge in [0.05, 0.1) is 19.4 Å². The number of ether oxygens (including phenoxy) is 1. The van der Waals surface area contributed by atoms with E-state index in [4.69, 9.17) is 4.74 Å². The number of aliphatic imine (C=N–C) groups is 1. The number of guanidine groups is 1. The zero-order valence-electron chi connectivity index (χ0n) is 18.4. The van der Waals surface area contributed by atoms with Gasteiger partial charge in [0.15, 0.2) is 5.96 Å². The van der Waals surface area contributed by atoms with Gasteiger partial charge in [-0.05, 0) is 28.7 Å². The number of benzene rings is 2. The summed E-state index contributed by atoms with van der Waals surface area (Å²) in [7, 11) is 3.82. The summed E-state index contributed by atoms with van der Waals surface area (Å²) in [5.74, 6) is 1.47. The number of rotatable bonds is 7. The molecule has 1 fully saturated rings. The Labute approximate surface area is 184 Å². The summed E-state index contributed by atoms with van der Waals surface area (Å²) in [5, 5.41) is 7.84. The monoisotopic (exact) mass is 417 g/mol. The SMILES string of the molecule is CN=C(NCc1cccc(COCc2ccccc2)c1)N1CCC(c2cnn(C)c2)C1. The Morgan fingerprint density at radius 1 is 1.10 bits per heavy atom. The number of aryl methyl sites for hydroxylation is 1.